The highest BCUT2D eigenvalue weighted by atomic mass is 16.5. The lowest BCUT2D eigenvalue weighted by Crippen LogP contribution is -2.17. The molecule has 0 saturated carbocycles. The summed E-state index contributed by atoms with van der Waals surface area (Å²) in [6, 6.07) is 5.05. The molecule has 2 rings (SSSR count). The molecule has 96 valence electrons. The third-order valence-electron chi connectivity index (χ3n) is 2.75. The lowest BCUT2D eigenvalue weighted by atomic mass is 10.1. The monoisotopic (exact) mass is 248 g/mol. The summed E-state index contributed by atoms with van der Waals surface area (Å²) in [6.45, 7) is 2.15. The number of rotatable bonds is 3. The van der Waals surface area contributed by atoms with Crippen molar-refractivity contribution in [1.82, 2.24) is 0 Å². The van der Waals surface area contributed by atoms with Crippen LogP contribution in [0.2, 0.25) is 0 Å². The molecule has 0 bridgehead atoms. The van der Waals surface area contributed by atoms with Gasteiger partial charge in [-0.1, -0.05) is 0 Å². The van der Waals surface area contributed by atoms with Crippen LogP contribution in [-0.2, 0) is 4.79 Å². The third kappa shape index (κ3) is 2.68. The van der Waals surface area contributed by atoms with Crippen LogP contribution in [0, 0.1) is 0 Å². The van der Waals surface area contributed by atoms with Gasteiger partial charge in [0.15, 0.2) is 5.78 Å². The molecule has 5 nitrogen and oxygen atoms in total. The average molecular weight is 248 g/mol. The van der Waals surface area contributed by atoms with Gasteiger partial charge in [-0.25, -0.2) is 0 Å². The van der Waals surface area contributed by atoms with Crippen molar-refractivity contribution in [2.75, 3.05) is 11.9 Å². The molecule has 1 amide bonds. The first-order valence-electron chi connectivity index (χ1n) is 5.94. The highest BCUT2D eigenvalue weighted by Gasteiger charge is 2.20. The molecule has 0 radical (unpaired) electrons. The smallest absolute Gasteiger partial charge is 0.228 e. The van der Waals surface area contributed by atoms with Crippen molar-refractivity contribution in [1.29, 1.82) is 0 Å². The predicted molar refractivity (Wildman–Crippen MR) is 67.8 cm³/mol. The molecule has 3 N–H and O–H groups in total. The number of ketones is 1. The van der Waals surface area contributed by atoms with E-state index in [2.05, 4.69) is 5.32 Å². The van der Waals surface area contributed by atoms with Crippen LogP contribution in [0.5, 0.6) is 5.75 Å². The first-order chi connectivity index (χ1) is 8.60. The molecule has 0 saturated heterocycles. The highest BCUT2D eigenvalue weighted by molar-refractivity contribution is 6.00. The molecule has 0 aromatic heterocycles. The molecule has 0 spiro atoms. The van der Waals surface area contributed by atoms with E-state index in [0.29, 0.717) is 36.4 Å². The summed E-state index contributed by atoms with van der Waals surface area (Å²) in [5.41, 5.74) is 6.44. The molecule has 1 aromatic carbocycles. The maximum absolute atomic E-state index is 11.7. The lowest BCUT2D eigenvalue weighted by molar-refractivity contribution is -0.117. The van der Waals surface area contributed by atoms with Gasteiger partial charge in [-0.3, -0.25) is 9.59 Å². The van der Waals surface area contributed by atoms with Crippen molar-refractivity contribution in [3.63, 3.8) is 0 Å². The van der Waals surface area contributed by atoms with E-state index in [0.717, 1.165) is 0 Å². The molecule has 1 heterocycles. The van der Waals surface area contributed by atoms with Crippen LogP contribution in [0.1, 0.15) is 30.1 Å². The molecule has 1 aliphatic rings. The van der Waals surface area contributed by atoms with Gasteiger partial charge in [0, 0.05) is 12.0 Å². The number of carbonyl (C=O) groups excluding carboxylic acids is 2. The van der Waals surface area contributed by atoms with E-state index >= 15 is 0 Å². The Kier molecular flexibility index (Phi) is 3.62. The van der Waals surface area contributed by atoms with Gasteiger partial charge in [0.2, 0.25) is 5.91 Å². The van der Waals surface area contributed by atoms with Gasteiger partial charge < -0.3 is 15.8 Å². The van der Waals surface area contributed by atoms with Gasteiger partial charge >= 0.3 is 0 Å². The minimum atomic E-state index is -0.170. The van der Waals surface area contributed by atoms with Crippen molar-refractivity contribution in [2.24, 2.45) is 5.73 Å². The number of carbonyl (C=O) groups is 2. The summed E-state index contributed by atoms with van der Waals surface area (Å²) in [7, 11) is 0. The summed E-state index contributed by atoms with van der Waals surface area (Å²) in [6.07, 6.45) is 0.432. The van der Waals surface area contributed by atoms with E-state index in [4.69, 9.17) is 10.5 Å². The number of amides is 1. The zero-order valence-electron chi connectivity index (χ0n) is 10.2. The van der Waals surface area contributed by atoms with E-state index in [-0.39, 0.29) is 17.8 Å². The van der Waals surface area contributed by atoms with Gasteiger partial charge in [0.05, 0.1) is 12.1 Å². The van der Waals surface area contributed by atoms with Crippen LogP contribution in [0.15, 0.2) is 18.2 Å². The zero-order valence-corrected chi connectivity index (χ0v) is 10.2. The van der Waals surface area contributed by atoms with E-state index in [1.54, 1.807) is 18.2 Å². The number of nitrogens with one attached hydrogen (secondary N) is 1. The first kappa shape index (κ1) is 12.6. The van der Waals surface area contributed by atoms with Crippen LogP contribution in [-0.4, -0.2) is 24.3 Å². The minimum Gasteiger partial charge on any atom is -0.488 e. The summed E-state index contributed by atoms with van der Waals surface area (Å²) in [5, 5.41) is 2.74. The van der Waals surface area contributed by atoms with Crippen molar-refractivity contribution in [3.8, 4) is 5.75 Å². The van der Waals surface area contributed by atoms with Gasteiger partial charge in [-0.15, -0.1) is 0 Å². The highest BCUT2D eigenvalue weighted by Crippen LogP contribution is 2.30. The van der Waals surface area contributed by atoms with Crippen LogP contribution in [0.4, 0.5) is 5.69 Å². The molecule has 0 fully saturated rings. The maximum Gasteiger partial charge on any atom is 0.228 e. The van der Waals surface area contributed by atoms with Gasteiger partial charge in [0.1, 0.15) is 11.9 Å². The number of fused-ring (bicyclic) bond motifs is 1. The Bertz CT molecular complexity index is 485. The van der Waals surface area contributed by atoms with Crippen molar-refractivity contribution < 1.29 is 14.3 Å². The topological polar surface area (TPSA) is 81.4 Å². The molecular formula is C13H16N2O3. The van der Waals surface area contributed by atoms with E-state index in [1.807, 2.05) is 6.92 Å². The third-order valence-corrected chi connectivity index (χ3v) is 2.75. The number of nitrogens with two attached hydrogens (primary N) is 1. The van der Waals surface area contributed by atoms with Crippen LogP contribution in [0.25, 0.3) is 0 Å². The molecule has 1 atom stereocenters. The minimum absolute atomic E-state index is 0.0353. The molecule has 0 aliphatic carbocycles. The maximum atomic E-state index is 11.7. The summed E-state index contributed by atoms with van der Waals surface area (Å²) in [4.78, 5) is 23.3. The van der Waals surface area contributed by atoms with Gasteiger partial charge in [0.25, 0.3) is 0 Å². The summed E-state index contributed by atoms with van der Waals surface area (Å²) >= 11 is 0. The Morgan fingerprint density at radius 1 is 1.56 bits per heavy atom. The largest absolute Gasteiger partial charge is 0.488 e. The molecule has 1 aliphatic heterocycles. The fourth-order valence-corrected chi connectivity index (χ4v) is 1.90. The van der Waals surface area contributed by atoms with E-state index in [9.17, 15) is 9.59 Å². The number of anilines is 1. The fourth-order valence-electron chi connectivity index (χ4n) is 1.90. The number of ether oxygens (including phenoxy) is 1. The SMILES string of the molecule is CC1CC(=O)Nc2cc(C(=O)CCN)ccc2O1. The van der Waals surface area contributed by atoms with Gasteiger partial charge in [-0.2, -0.15) is 0 Å². The average Bonchev–Trinajstić information content (AvgIpc) is 2.44. The Balaban J connectivity index is 2.31. The van der Waals surface area contributed by atoms with Crippen molar-refractivity contribution in [2.45, 2.75) is 25.9 Å². The summed E-state index contributed by atoms with van der Waals surface area (Å²) in [5.74, 6) is 0.453. The second kappa shape index (κ2) is 5.18. The normalized spacial score (nSPS) is 18.3. The molecule has 5 heteroatoms. The van der Waals surface area contributed by atoms with Crippen molar-refractivity contribution >= 4 is 17.4 Å². The van der Waals surface area contributed by atoms with Crippen LogP contribution in [0.3, 0.4) is 0 Å². The number of hydrogen-bond acceptors (Lipinski definition) is 4. The Hall–Kier alpha value is -1.88. The molecule has 1 unspecified atom stereocenters. The number of Topliss-reactive ketones (excluding diaryl/α,β-unsaturated/α-hetero) is 1. The molecular weight excluding hydrogens is 232 g/mol. The molecule has 1 aromatic rings. The molecule has 18 heavy (non-hydrogen) atoms. The first-order valence-corrected chi connectivity index (χ1v) is 5.94. The second-order valence-corrected chi connectivity index (χ2v) is 4.35. The van der Waals surface area contributed by atoms with Crippen LogP contribution >= 0.6 is 0 Å². The fraction of sp³-hybridized carbons (Fsp3) is 0.385. The Morgan fingerprint density at radius 2 is 2.33 bits per heavy atom. The second-order valence-electron chi connectivity index (χ2n) is 4.35. The van der Waals surface area contributed by atoms with Gasteiger partial charge in [-0.05, 0) is 31.7 Å². The standard InChI is InChI=1S/C13H16N2O3/c1-8-6-13(17)15-10-7-9(11(16)4-5-14)2-3-12(10)18-8/h2-3,7-8H,4-6,14H2,1H3,(H,15,17). The Labute approximate surface area is 105 Å². The van der Waals surface area contributed by atoms with E-state index < -0.39 is 0 Å². The number of hydrogen-bond donors (Lipinski definition) is 2. The van der Waals surface area contributed by atoms with Crippen molar-refractivity contribution in [3.05, 3.63) is 23.8 Å². The number of benzene rings is 1. The lowest BCUT2D eigenvalue weighted by Gasteiger charge is -2.11. The zero-order chi connectivity index (χ0) is 13.1. The Morgan fingerprint density at radius 3 is 3.06 bits per heavy atom. The quantitative estimate of drug-likeness (QED) is 0.791. The predicted octanol–water partition coefficient (Wildman–Crippen LogP) is 1.33. The van der Waals surface area contributed by atoms with E-state index in [1.165, 1.54) is 0 Å². The van der Waals surface area contributed by atoms with Crippen LogP contribution < -0.4 is 15.8 Å². The summed E-state index contributed by atoms with van der Waals surface area (Å²) < 4.78 is 5.60.